The topological polar surface area (TPSA) is 94.0 Å². The van der Waals surface area contributed by atoms with E-state index >= 15 is 4.39 Å². The number of rotatable bonds is 7. The summed E-state index contributed by atoms with van der Waals surface area (Å²) in [5, 5.41) is 25.1. The largest absolute Gasteiger partial charge is 0.508 e. The molecule has 4 fully saturated rings. The molecule has 8 nitrogen and oxygen atoms in total. The Bertz CT molecular complexity index is 1890. The third-order valence-electron chi connectivity index (χ3n) is 9.79. The third-order valence-corrected chi connectivity index (χ3v) is 10.1. The number of piperazine rings is 1. The van der Waals surface area contributed by atoms with Crippen molar-refractivity contribution in [1.29, 1.82) is 0 Å². The molecule has 4 aliphatic rings. The Morgan fingerprint density at radius 1 is 1.09 bits per heavy atom. The van der Waals surface area contributed by atoms with Crippen molar-refractivity contribution in [1.82, 2.24) is 20.2 Å². The number of aromatic hydroxyl groups is 1. The van der Waals surface area contributed by atoms with E-state index < -0.39 is 11.6 Å². The number of phenols is 1. The molecule has 232 valence electrons. The highest BCUT2D eigenvalue weighted by Gasteiger charge is 2.47. The SMILES string of the molecule is C#Cc1c(F)ccc2cc(O)cc(-c3c(Cl)cc4c(N5CC6CCC(C5)N6)nc(OCC5(CN6CC(O)C6)CC5)nc4c3F)c12. The maximum Gasteiger partial charge on any atom is 0.319 e. The van der Waals surface area contributed by atoms with Crippen molar-refractivity contribution < 1.29 is 23.7 Å². The predicted octanol–water partition coefficient (Wildman–Crippen LogP) is 4.84. The average molecular weight is 632 g/mol. The van der Waals surface area contributed by atoms with Crippen LogP contribution in [-0.2, 0) is 0 Å². The zero-order valence-corrected chi connectivity index (χ0v) is 25.2. The summed E-state index contributed by atoms with van der Waals surface area (Å²) in [5.74, 6) is 1.42. The number of benzene rings is 3. The van der Waals surface area contributed by atoms with E-state index in [0.717, 1.165) is 32.2 Å². The van der Waals surface area contributed by atoms with Gasteiger partial charge in [0.25, 0.3) is 0 Å². The number of nitrogens with zero attached hydrogens (tertiary/aromatic N) is 4. The molecule has 3 saturated heterocycles. The van der Waals surface area contributed by atoms with Crippen molar-refractivity contribution in [3.63, 3.8) is 0 Å². The standard InChI is InChI=1S/C34H32ClF2N5O3/c1-2-23-27(36)6-3-18-9-21(43)10-24(28(18)23)29-26(35)11-25-31(30(29)37)39-33(40-32(25)42-12-19-4-5-20(13-42)38-19)45-17-34(7-8-34)16-41-14-22(44)15-41/h1,3,6,9-11,19-20,22,38,43-44H,4-5,7-8,12-17H2. The van der Waals surface area contributed by atoms with Gasteiger partial charge in [-0.15, -0.1) is 6.42 Å². The molecule has 0 radical (unpaired) electrons. The molecule has 3 aliphatic heterocycles. The molecule has 2 atom stereocenters. The fourth-order valence-electron chi connectivity index (χ4n) is 7.33. The molecule has 1 aromatic heterocycles. The molecule has 11 heteroatoms. The summed E-state index contributed by atoms with van der Waals surface area (Å²) in [6.45, 7) is 3.92. The first-order valence-corrected chi connectivity index (χ1v) is 15.7. The molecule has 4 heterocycles. The van der Waals surface area contributed by atoms with Gasteiger partial charge >= 0.3 is 6.01 Å². The molecule has 45 heavy (non-hydrogen) atoms. The zero-order valence-electron chi connectivity index (χ0n) is 24.5. The van der Waals surface area contributed by atoms with Crippen LogP contribution in [0.1, 0.15) is 31.2 Å². The van der Waals surface area contributed by atoms with E-state index in [9.17, 15) is 14.6 Å². The number of ether oxygens (including phenoxy) is 1. The number of aliphatic hydroxyl groups excluding tert-OH is 1. The van der Waals surface area contributed by atoms with Crippen molar-refractivity contribution in [2.45, 2.75) is 43.9 Å². The summed E-state index contributed by atoms with van der Waals surface area (Å²) in [6, 6.07) is 7.81. The number of aliphatic hydroxyl groups is 1. The zero-order chi connectivity index (χ0) is 31.0. The van der Waals surface area contributed by atoms with Gasteiger partial charge in [0.2, 0.25) is 0 Å². The highest BCUT2D eigenvalue weighted by molar-refractivity contribution is 6.35. The van der Waals surface area contributed by atoms with Gasteiger partial charge in [0.15, 0.2) is 5.82 Å². The van der Waals surface area contributed by atoms with Crippen LogP contribution in [0.15, 0.2) is 30.3 Å². The smallest absolute Gasteiger partial charge is 0.319 e. The lowest BCUT2D eigenvalue weighted by Gasteiger charge is -2.38. The summed E-state index contributed by atoms with van der Waals surface area (Å²) < 4.78 is 38.0. The lowest BCUT2D eigenvalue weighted by molar-refractivity contribution is -0.0142. The molecule has 4 aromatic rings. The molecular weight excluding hydrogens is 600 g/mol. The first-order valence-electron chi connectivity index (χ1n) is 15.4. The van der Waals surface area contributed by atoms with Gasteiger partial charge in [-0.1, -0.05) is 23.6 Å². The van der Waals surface area contributed by atoms with Gasteiger partial charge in [-0.2, -0.15) is 9.97 Å². The van der Waals surface area contributed by atoms with Crippen LogP contribution >= 0.6 is 11.6 Å². The molecule has 8 rings (SSSR count). The predicted molar refractivity (Wildman–Crippen MR) is 169 cm³/mol. The summed E-state index contributed by atoms with van der Waals surface area (Å²) >= 11 is 6.85. The molecule has 1 saturated carbocycles. The lowest BCUT2D eigenvalue weighted by atomic mass is 9.93. The number of halogens is 3. The summed E-state index contributed by atoms with van der Waals surface area (Å²) in [4.78, 5) is 13.8. The minimum Gasteiger partial charge on any atom is -0.508 e. The average Bonchev–Trinajstić information content (AvgIpc) is 3.69. The Morgan fingerprint density at radius 3 is 2.53 bits per heavy atom. The number of fused-ring (bicyclic) bond motifs is 4. The van der Waals surface area contributed by atoms with Gasteiger partial charge in [-0.05, 0) is 60.9 Å². The van der Waals surface area contributed by atoms with Crippen LogP contribution in [0.25, 0.3) is 32.8 Å². The van der Waals surface area contributed by atoms with Gasteiger partial charge in [0.05, 0.1) is 23.3 Å². The first-order chi connectivity index (χ1) is 21.7. The Kier molecular flexibility index (Phi) is 6.80. The number of anilines is 1. The van der Waals surface area contributed by atoms with E-state index in [1.54, 1.807) is 6.07 Å². The van der Waals surface area contributed by atoms with Crippen LogP contribution in [0.5, 0.6) is 11.8 Å². The molecule has 2 bridgehead atoms. The van der Waals surface area contributed by atoms with Crippen LogP contribution in [0.3, 0.4) is 0 Å². The van der Waals surface area contributed by atoms with Gasteiger partial charge in [-0.3, -0.25) is 4.90 Å². The first kappa shape index (κ1) is 28.7. The lowest BCUT2D eigenvalue weighted by Crippen LogP contribution is -2.53. The number of hydrogen-bond acceptors (Lipinski definition) is 8. The van der Waals surface area contributed by atoms with Crippen molar-refractivity contribution >= 4 is 39.1 Å². The van der Waals surface area contributed by atoms with Crippen LogP contribution in [0.2, 0.25) is 5.02 Å². The fourth-order valence-corrected chi connectivity index (χ4v) is 7.63. The van der Waals surface area contributed by atoms with Crippen LogP contribution in [-0.4, -0.2) is 82.6 Å². The number of nitrogens with one attached hydrogen (secondary N) is 1. The number of likely N-dealkylation sites (tertiary alicyclic amines) is 1. The summed E-state index contributed by atoms with van der Waals surface area (Å²) in [6.07, 6.45) is 9.52. The van der Waals surface area contributed by atoms with E-state index in [-0.39, 0.29) is 55.9 Å². The normalized spacial score (nSPS) is 22.5. The number of aromatic nitrogens is 2. The quantitative estimate of drug-likeness (QED) is 0.250. The van der Waals surface area contributed by atoms with Crippen molar-refractivity contribution in [2.75, 3.05) is 44.2 Å². The van der Waals surface area contributed by atoms with Crippen molar-refractivity contribution in [3.8, 4) is 35.2 Å². The van der Waals surface area contributed by atoms with E-state index in [1.807, 2.05) is 0 Å². The molecule has 0 amide bonds. The molecular formula is C34H32ClF2N5O3. The second kappa shape index (κ2) is 10.7. The summed E-state index contributed by atoms with van der Waals surface area (Å²) in [7, 11) is 0. The number of terminal acetylenes is 1. The fraction of sp³-hybridized carbons (Fsp3) is 0.412. The molecule has 1 aliphatic carbocycles. The van der Waals surface area contributed by atoms with Crippen LogP contribution < -0.4 is 15.0 Å². The van der Waals surface area contributed by atoms with Crippen LogP contribution in [0, 0.1) is 29.4 Å². The maximum absolute atomic E-state index is 16.9. The molecule has 0 spiro atoms. The molecule has 3 N–H and O–H groups in total. The van der Waals surface area contributed by atoms with E-state index in [4.69, 9.17) is 27.7 Å². The number of hydrogen-bond donors (Lipinski definition) is 3. The van der Waals surface area contributed by atoms with Crippen LogP contribution in [0.4, 0.5) is 14.6 Å². The third kappa shape index (κ3) is 5.03. The van der Waals surface area contributed by atoms with Gasteiger partial charge in [-0.25, -0.2) is 8.78 Å². The number of phenolic OH excluding ortho intramolecular Hbond substituents is 1. The minimum atomic E-state index is -0.737. The highest BCUT2D eigenvalue weighted by Crippen LogP contribution is 2.48. The summed E-state index contributed by atoms with van der Waals surface area (Å²) in [5.41, 5.74) is 0.0426. The van der Waals surface area contributed by atoms with Gasteiger partial charge < -0.3 is 25.2 Å². The number of β-amino-alcohol motifs (C(OH)–C–C–N with tert-alkyl or cyclic N) is 1. The van der Waals surface area contributed by atoms with E-state index in [1.165, 1.54) is 24.3 Å². The second-order valence-electron chi connectivity index (χ2n) is 13.1. The Balaban J connectivity index is 1.26. The van der Waals surface area contributed by atoms with Crippen molar-refractivity contribution in [2.24, 2.45) is 5.41 Å². The molecule has 3 aromatic carbocycles. The Hall–Kier alpha value is -3.75. The highest BCUT2D eigenvalue weighted by atomic mass is 35.5. The second-order valence-corrected chi connectivity index (χ2v) is 13.5. The Morgan fingerprint density at radius 2 is 1.84 bits per heavy atom. The van der Waals surface area contributed by atoms with Gasteiger partial charge in [0, 0.05) is 66.6 Å². The minimum absolute atomic E-state index is 0.0196. The van der Waals surface area contributed by atoms with E-state index in [2.05, 4.69) is 26.0 Å². The van der Waals surface area contributed by atoms with Crippen molar-refractivity contribution in [3.05, 3.63) is 52.6 Å². The molecule has 2 unspecified atom stereocenters. The Labute approximate surface area is 264 Å². The van der Waals surface area contributed by atoms with Gasteiger partial charge in [0.1, 0.15) is 22.9 Å². The monoisotopic (exact) mass is 631 g/mol. The maximum atomic E-state index is 16.9. The van der Waals surface area contributed by atoms with E-state index in [0.29, 0.717) is 61.5 Å².